The van der Waals surface area contributed by atoms with Crippen LogP contribution in [0.3, 0.4) is 0 Å². The zero-order valence-electron chi connectivity index (χ0n) is 11.7. The molecule has 0 bridgehead atoms. The minimum Gasteiger partial charge on any atom is -0.465 e. The molecule has 0 aliphatic rings. The number of hydrogen-bond acceptors (Lipinski definition) is 5. The lowest BCUT2D eigenvalue weighted by Gasteiger charge is -2.15. The van der Waals surface area contributed by atoms with Crippen molar-refractivity contribution in [2.75, 3.05) is 19.5 Å². The van der Waals surface area contributed by atoms with Crippen molar-refractivity contribution in [3.63, 3.8) is 0 Å². The Hall–Kier alpha value is -1.40. The van der Waals surface area contributed by atoms with Crippen molar-refractivity contribution < 1.29 is 22.1 Å². The van der Waals surface area contributed by atoms with Crippen LogP contribution >= 0.6 is 0 Å². The van der Waals surface area contributed by atoms with Crippen LogP contribution in [-0.4, -0.2) is 33.9 Å². The smallest absolute Gasteiger partial charge is 0.315 e. The van der Waals surface area contributed by atoms with Crippen molar-refractivity contribution in [1.82, 2.24) is 0 Å². The Bertz CT molecular complexity index is 510. The summed E-state index contributed by atoms with van der Waals surface area (Å²) in [6, 6.07) is 8.87. The lowest BCUT2D eigenvalue weighted by molar-refractivity contribution is -0.146. The highest BCUT2D eigenvalue weighted by Crippen LogP contribution is 2.18. The molecular formula is C14H20O5S. The largest absolute Gasteiger partial charge is 0.465 e. The highest BCUT2D eigenvalue weighted by atomic mass is 32.2. The Morgan fingerprint density at radius 2 is 1.90 bits per heavy atom. The third-order valence-corrected chi connectivity index (χ3v) is 3.24. The minimum absolute atomic E-state index is 0.242. The van der Waals surface area contributed by atoms with Crippen molar-refractivity contribution >= 4 is 16.1 Å². The first-order chi connectivity index (χ1) is 9.44. The maximum Gasteiger partial charge on any atom is 0.315 e. The van der Waals surface area contributed by atoms with E-state index in [1.807, 2.05) is 13.0 Å². The van der Waals surface area contributed by atoms with Crippen molar-refractivity contribution in [2.24, 2.45) is 0 Å². The number of rotatable bonds is 8. The van der Waals surface area contributed by atoms with Gasteiger partial charge in [-0.3, -0.25) is 8.98 Å². The van der Waals surface area contributed by atoms with Crippen molar-refractivity contribution in [1.29, 1.82) is 0 Å². The molecule has 1 aromatic carbocycles. The number of unbranched alkanes of at least 4 members (excludes halogenated alkanes) is 1. The van der Waals surface area contributed by atoms with E-state index >= 15 is 0 Å². The molecule has 0 N–H and O–H groups in total. The average molecular weight is 300 g/mol. The highest BCUT2D eigenvalue weighted by Gasteiger charge is 2.24. The summed E-state index contributed by atoms with van der Waals surface area (Å²) in [5.74, 6) is -1.20. The maximum atomic E-state index is 12.0. The fourth-order valence-corrected chi connectivity index (χ4v) is 1.98. The molecule has 0 heterocycles. The average Bonchev–Trinajstić information content (AvgIpc) is 2.39. The molecule has 5 nitrogen and oxygen atoms in total. The van der Waals surface area contributed by atoms with Gasteiger partial charge in [0.25, 0.3) is 10.1 Å². The summed E-state index contributed by atoms with van der Waals surface area (Å²) >= 11 is 0. The van der Waals surface area contributed by atoms with Crippen LogP contribution in [0.15, 0.2) is 30.3 Å². The third kappa shape index (κ3) is 6.16. The topological polar surface area (TPSA) is 69.7 Å². The van der Waals surface area contributed by atoms with E-state index in [1.54, 1.807) is 24.3 Å². The van der Waals surface area contributed by atoms with E-state index in [1.165, 1.54) is 0 Å². The first kappa shape index (κ1) is 16.7. The molecule has 1 rings (SSSR count). The summed E-state index contributed by atoms with van der Waals surface area (Å²) in [6.45, 7) is 2.08. The molecule has 1 atom stereocenters. The molecule has 0 saturated heterocycles. The van der Waals surface area contributed by atoms with Crippen LogP contribution in [0.1, 0.15) is 31.2 Å². The van der Waals surface area contributed by atoms with E-state index in [-0.39, 0.29) is 6.61 Å². The molecule has 0 aromatic heterocycles. The summed E-state index contributed by atoms with van der Waals surface area (Å²) in [4.78, 5) is 12.0. The molecule has 0 fully saturated rings. The normalized spacial score (nSPS) is 12.9. The highest BCUT2D eigenvalue weighted by molar-refractivity contribution is 7.85. The zero-order valence-corrected chi connectivity index (χ0v) is 12.6. The molecule has 1 aromatic rings. The van der Waals surface area contributed by atoms with Gasteiger partial charge >= 0.3 is 5.97 Å². The van der Waals surface area contributed by atoms with Gasteiger partial charge in [0.05, 0.1) is 19.5 Å². The molecular weight excluding hydrogens is 280 g/mol. The number of hydrogen-bond donors (Lipinski definition) is 0. The number of carbonyl (C=O) groups is 1. The fourth-order valence-electron chi connectivity index (χ4n) is 1.60. The predicted octanol–water partition coefficient (Wildman–Crippen LogP) is 2.09. The van der Waals surface area contributed by atoms with Gasteiger partial charge in [-0.2, -0.15) is 8.42 Å². The Morgan fingerprint density at radius 3 is 2.45 bits per heavy atom. The second-order valence-corrected chi connectivity index (χ2v) is 6.12. The minimum atomic E-state index is -3.59. The Labute approximate surface area is 120 Å². The lowest BCUT2D eigenvalue weighted by Crippen LogP contribution is -2.22. The van der Waals surface area contributed by atoms with Gasteiger partial charge < -0.3 is 4.74 Å². The van der Waals surface area contributed by atoms with Crippen LogP contribution in [0.4, 0.5) is 0 Å². The van der Waals surface area contributed by atoms with Crippen LogP contribution < -0.4 is 0 Å². The van der Waals surface area contributed by atoms with Crippen LogP contribution in [0.25, 0.3) is 0 Å². The van der Waals surface area contributed by atoms with Crippen LogP contribution in [0.5, 0.6) is 0 Å². The Morgan fingerprint density at radius 1 is 1.25 bits per heavy atom. The standard InChI is InChI=1S/C14H20O5S/c1-3-4-10-18-14(15)13(11-19-20(2,16)17)12-8-6-5-7-9-12/h5-9,13H,3-4,10-11H2,1-2H3/t13-/m0/s1. The van der Waals surface area contributed by atoms with Crippen LogP contribution in [0.2, 0.25) is 0 Å². The number of benzene rings is 1. The second kappa shape index (κ2) is 8.01. The van der Waals surface area contributed by atoms with Gasteiger partial charge in [0, 0.05) is 0 Å². The molecule has 20 heavy (non-hydrogen) atoms. The lowest BCUT2D eigenvalue weighted by atomic mass is 10.0. The van der Waals surface area contributed by atoms with Gasteiger partial charge in [0.15, 0.2) is 0 Å². The molecule has 6 heteroatoms. The van der Waals surface area contributed by atoms with Gasteiger partial charge in [-0.05, 0) is 12.0 Å². The van der Waals surface area contributed by atoms with E-state index in [4.69, 9.17) is 8.92 Å². The molecule has 112 valence electrons. The first-order valence-electron chi connectivity index (χ1n) is 6.50. The molecule has 0 aliphatic carbocycles. The molecule has 0 amide bonds. The molecule has 0 radical (unpaired) electrons. The van der Waals surface area contributed by atoms with Gasteiger partial charge in [-0.15, -0.1) is 0 Å². The number of carbonyl (C=O) groups excluding carboxylic acids is 1. The quantitative estimate of drug-likeness (QED) is 0.418. The summed E-state index contributed by atoms with van der Waals surface area (Å²) < 4.78 is 32.0. The number of esters is 1. The fraction of sp³-hybridized carbons (Fsp3) is 0.500. The van der Waals surface area contributed by atoms with E-state index in [9.17, 15) is 13.2 Å². The Kier molecular flexibility index (Phi) is 6.67. The predicted molar refractivity (Wildman–Crippen MR) is 75.8 cm³/mol. The van der Waals surface area contributed by atoms with E-state index in [2.05, 4.69) is 0 Å². The van der Waals surface area contributed by atoms with Crippen LogP contribution in [0, 0.1) is 0 Å². The molecule has 0 spiro atoms. The van der Waals surface area contributed by atoms with Gasteiger partial charge in [0.1, 0.15) is 5.92 Å². The summed E-state index contributed by atoms with van der Waals surface area (Å²) in [5.41, 5.74) is 0.678. The van der Waals surface area contributed by atoms with Gasteiger partial charge in [0.2, 0.25) is 0 Å². The van der Waals surface area contributed by atoms with Crippen LogP contribution in [-0.2, 0) is 23.8 Å². The van der Waals surface area contributed by atoms with Gasteiger partial charge in [-0.1, -0.05) is 43.7 Å². The summed E-state index contributed by atoms with van der Waals surface area (Å²) in [6.07, 6.45) is 2.65. The van der Waals surface area contributed by atoms with E-state index in [0.717, 1.165) is 19.1 Å². The molecule has 0 aliphatic heterocycles. The molecule has 0 saturated carbocycles. The van der Waals surface area contributed by atoms with E-state index < -0.39 is 22.0 Å². The van der Waals surface area contributed by atoms with Crippen molar-refractivity contribution in [3.05, 3.63) is 35.9 Å². The van der Waals surface area contributed by atoms with Crippen molar-refractivity contribution in [2.45, 2.75) is 25.7 Å². The van der Waals surface area contributed by atoms with Crippen molar-refractivity contribution in [3.8, 4) is 0 Å². The third-order valence-electron chi connectivity index (χ3n) is 2.68. The zero-order chi connectivity index (χ0) is 15.0. The SMILES string of the molecule is CCCCOC(=O)[C@@H](COS(C)(=O)=O)c1ccccc1. The second-order valence-electron chi connectivity index (χ2n) is 4.47. The van der Waals surface area contributed by atoms with E-state index in [0.29, 0.717) is 12.2 Å². The Balaban J connectivity index is 2.76. The first-order valence-corrected chi connectivity index (χ1v) is 8.31. The summed E-state index contributed by atoms with van der Waals surface area (Å²) in [7, 11) is -3.59. The molecule has 0 unspecified atom stereocenters. The van der Waals surface area contributed by atoms with Gasteiger partial charge in [-0.25, -0.2) is 0 Å². The monoisotopic (exact) mass is 300 g/mol. The number of ether oxygens (including phenoxy) is 1. The summed E-state index contributed by atoms with van der Waals surface area (Å²) in [5, 5.41) is 0. The maximum absolute atomic E-state index is 12.0.